The summed E-state index contributed by atoms with van der Waals surface area (Å²) in [6, 6.07) is 1.95. The van der Waals surface area contributed by atoms with Crippen LogP contribution >= 0.6 is 27.3 Å². The highest BCUT2D eigenvalue weighted by Gasteiger charge is 2.33. The maximum absolute atomic E-state index is 11.1. The molecule has 1 aliphatic rings. The second-order valence-corrected chi connectivity index (χ2v) is 6.51. The molecule has 3 heterocycles. The van der Waals surface area contributed by atoms with Crippen molar-refractivity contribution in [2.75, 3.05) is 13.1 Å². The van der Waals surface area contributed by atoms with E-state index in [1.54, 1.807) is 23.2 Å². The molecule has 0 saturated carbocycles. The van der Waals surface area contributed by atoms with E-state index in [0.717, 1.165) is 9.35 Å². The average molecular weight is 328 g/mol. The number of amides is 1. The Balaban J connectivity index is 1.73. The van der Waals surface area contributed by atoms with E-state index in [4.69, 9.17) is 4.52 Å². The minimum Gasteiger partial charge on any atom is -0.341 e. The minimum atomic E-state index is 0.0942. The lowest BCUT2D eigenvalue weighted by Gasteiger charge is -2.36. The molecular weight excluding hydrogens is 318 g/mol. The van der Waals surface area contributed by atoms with E-state index in [1.165, 1.54) is 0 Å². The van der Waals surface area contributed by atoms with Crippen LogP contribution in [0.25, 0.3) is 11.5 Å². The van der Waals surface area contributed by atoms with Crippen molar-refractivity contribution >= 4 is 33.2 Å². The minimum absolute atomic E-state index is 0.0942. The molecule has 0 spiro atoms. The van der Waals surface area contributed by atoms with Gasteiger partial charge in [-0.3, -0.25) is 4.79 Å². The molecule has 2 aromatic heterocycles. The molecule has 0 aliphatic carbocycles. The van der Waals surface area contributed by atoms with Crippen LogP contribution in [-0.2, 0) is 4.79 Å². The number of hydrogen-bond acceptors (Lipinski definition) is 5. The zero-order chi connectivity index (χ0) is 12.7. The maximum atomic E-state index is 11.1. The highest BCUT2D eigenvalue weighted by molar-refractivity contribution is 9.11. The number of aromatic nitrogens is 2. The molecule has 0 aromatic carbocycles. The lowest BCUT2D eigenvalue weighted by atomic mass is 10.00. The van der Waals surface area contributed by atoms with E-state index < -0.39 is 0 Å². The third kappa shape index (κ3) is 2.08. The van der Waals surface area contributed by atoms with E-state index in [9.17, 15) is 4.79 Å². The van der Waals surface area contributed by atoms with Gasteiger partial charge in [-0.25, -0.2) is 0 Å². The summed E-state index contributed by atoms with van der Waals surface area (Å²) in [5, 5.41) is 5.95. The quantitative estimate of drug-likeness (QED) is 0.850. The fraction of sp³-hybridized carbons (Fsp3) is 0.364. The Morgan fingerprint density at radius 2 is 2.39 bits per heavy atom. The van der Waals surface area contributed by atoms with Gasteiger partial charge in [-0.05, 0) is 22.0 Å². The van der Waals surface area contributed by atoms with Gasteiger partial charge in [-0.1, -0.05) is 5.16 Å². The topological polar surface area (TPSA) is 59.2 Å². The highest BCUT2D eigenvalue weighted by atomic mass is 79.9. The first kappa shape index (κ1) is 11.9. The summed E-state index contributed by atoms with van der Waals surface area (Å²) in [6.45, 7) is 2.93. The molecule has 3 rings (SSSR count). The first-order valence-corrected chi connectivity index (χ1v) is 7.14. The molecule has 0 bridgehead atoms. The summed E-state index contributed by atoms with van der Waals surface area (Å²) in [5.41, 5.74) is 0.924. The molecule has 0 atom stereocenters. The summed E-state index contributed by atoms with van der Waals surface area (Å²) < 4.78 is 6.27. The molecule has 1 amide bonds. The molecule has 1 fully saturated rings. The molecule has 0 radical (unpaired) electrons. The van der Waals surface area contributed by atoms with E-state index in [0.29, 0.717) is 24.8 Å². The standard InChI is InChI=1S/C11H10BrN3O2S/c1-6(16)15-3-8(4-15)10-13-11(17-14-10)7-2-9(12)18-5-7/h2,5,8H,3-4H2,1H3. The number of likely N-dealkylation sites (tertiary alicyclic amines) is 1. The Morgan fingerprint density at radius 3 is 3.00 bits per heavy atom. The number of rotatable bonds is 2. The van der Waals surface area contributed by atoms with Gasteiger partial charge in [0, 0.05) is 25.4 Å². The van der Waals surface area contributed by atoms with Crippen molar-refractivity contribution in [2.45, 2.75) is 12.8 Å². The third-order valence-electron chi connectivity index (χ3n) is 2.95. The molecular formula is C11H10BrN3O2S. The number of halogens is 1. The average Bonchev–Trinajstić information content (AvgIpc) is 2.83. The summed E-state index contributed by atoms with van der Waals surface area (Å²) >= 11 is 4.98. The summed E-state index contributed by atoms with van der Waals surface area (Å²) in [5.74, 6) is 1.52. The molecule has 0 unspecified atom stereocenters. The SMILES string of the molecule is CC(=O)N1CC(c2noc(-c3csc(Br)c3)n2)C1. The zero-order valence-corrected chi connectivity index (χ0v) is 12.0. The lowest BCUT2D eigenvalue weighted by Crippen LogP contribution is -2.47. The van der Waals surface area contributed by atoms with Crippen molar-refractivity contribution in [1.82, 2.24) is 15.0 Å². The van der Waals surface area contributed by atoms with Gasteiger partial charge in [-0.2, -0.15) is 4.98 Å². The second-order valence-electron chi connectivity index (χ2n) is 4.22. The van der Waals surface area contributed by atoms with Crippen molar-refractivity contribution in [3.05, 3.63) is 21.1 Å². The Kier molecular flexibility index (Phi) is 2.95. The molecule has 1 aliphatic heterocycles. The molecule has 7 heteroatoms. The zero-order valence-electron chi connectivity index (χ0n) is 9.59. The number of carbonyl (C=O) groups excluding carboxylic acids is 1. The Hall–Kier alpha value is -1.21. The van der Waals surface area contributed by atoms with E-state index >= 15 is 0 Å². The van der Waals surface area contributed by atoms with Crippen LogP contribution in [0.5, 0.6) is 0 Å². The first-order valence-electron chi connectivity index (χ1n) is 5.47. The fourth-order valence-electron chi connectivity index (χ4n) is 1.84. The highest BCUT2D eigenvalue weighted by Crippen LogP contribution is 2.30. The fourth-order valence-corrected chi connectivity index (χ4v) is 2.97. The van der Waals surface area contributed by atoms with Gasteiger partial charge in [0.15, 0.2) is 5.82 Å². The second kappa shape index (κ2) is 4.47. The Labute approximate surface area is 116 Å². The first-order chi connectivity index (χ1) is 8.63. The van der Waals surface area contributed by atoms with E-state index in [2.05, 4.69) is 26.1 Å². The summed E-state index contributed by atoms with van der Waals surface area (Å²) in [7, 11) is 0. The Bertz CT molecular complexity index is 589. The number of thiophene rings is 1. The van der Waals surface area contributed by atoms with Crippen molar-refractivity contribution in [3.8, 4) is 11.5 Å². The van der Waals surface area contributed by atoms with Gasteiger partial charge >= 0.3 is 0 Å². The van der Waals surface area contributed by atoms with Crippen LogP contribution in [0.1, 0.15) is 18.7 Å². The Morgan fingerprint density at radius 1 is 1.61 bits per heavy atom. The number of hydrogen-bond donors (Lipinski definition) is 0. The van der Waals surface area contributed by atoms with Crippen molar-refractivity contribution < 1.29 is 9.32 Å². The largest absolute Gasteiger partial charge is 0.341 e. The number of carbonyl (C=O) groups is 1. The molecule has 18 heavy (non-hydrogen) atoms. The van der Waals surface area contributed by atoms with Crippen LogP contribution in [0.3, 0.4) is 0 Å². The van der Waals surface area contributed by atoms with Crippen LogP contribution < -0.4 is 0 Å². The van der Waals surface area contributed by atoms with Crippen molar-refractivity contribution in [1.29, 1.82) is 0 Å². The molecule has 5 nitrogen and oxygen atoms in total. The van der Waals surface area contributed by atoms with Gasteiger partial charge in [0.25, 0.3) is 5.89 Å². The monoisotopic (exact) mass is 327 g/mol. The predicted molar refractivity (Wildman–Crippen MR) is 70.3 cm³/mol. The van der Waals surface area contributed by atoms with Gasteiger partial charge in [-0.15, -0.1) is 11.3 Å². The lowest BCUT2D eigenvalue weighted by molar-refractivity contribution is -0.133. The van der Waals surface area contributed by atoms with Gasteiger partial charge in [0.1, 0.15) is 0 Å². The van der Waals surface area contributed by atoms with Crippen LogP contribution in [0, 0.1) is 0 Å². The van der Waals surface area contributed by atoms with Crippen LogP contribution in [0.2, 0.25) is 0 Å². The van der Waals surface area contributed by atoms with Crippen LogP contribution in [-0.4, -0.2) is 34.0 Å². The summed E-state index contributed by atoms with van der Waals surface area (Å²) in [6.07, 6.45) is 0. The van der Waals surface area contributed by atoms with Crippen molar-refractivity contribution in [3.63, 3.8) is 0 Å². The predicted octanol–water partition coefficient (Wildman–Crippen LogP) is 2.51. The molecule has 94 valence electrons. The normalized spacial score (nSPS) is 15.8. The molecule has 1 saturated heterocycles. The molecule has 0 N–H and O–H groups in total. The summed E-state index contributed by atoms with van der Waals surface area (Å²) in [4.78, 5) is 17.2. The third-order valence-corrected chi connectivity index (χ3v) is 4.45. The van der Waals surface area contributed by atoms with Crippen LogP contribution in [0.4, 0.5) is 0 Å². The van der Waals surface area contributed by atoms with Crippen molar-refractivity contribution in [2.24, 2.45) is 0 Å². The van der Waals surface area contributed by atoms with Crippen LogP contribution in [0.15, 0.2) is 19.8 Å². The van der Waals surface area contributed by atoms with Gasteiger partial charge in [0.2, 0.25) is 5.91 Å². The van der Waals surface area contributed by atoms with Gasteiger partial charge in [0.05, 0.1) is 15.3 Å². The smallest absolute Gasteiger partial charge is 0.258 e. The van der Waals surface area contributed by atoms with Gasteiger partial charge < -0.3 is 9.42 Å². The molecule has 2 aromatic rings. The number of nitrogens with zero attached hydrogens (tertiary/aromatic N) is 3. The van der Waals surface area contributed by atoms with E-state index in [1.807, 2.05) is 11.4 Å². The van der Waals surface area contributed by atoms with E-state index in [-0.39, 0.29) is 11.8 Å². The maximum Gasteiger partial charge on any atom is 0.258 e.